The van der Waals surface area contributed by atoms with Crippen LogP contribution in [0, 0.1) is 0 Å². The molecule has 146 valence electrons. The molecular weight excluding hydrogens is 415 g/mol. The van der Waals surface area contributed by atoms with E-state index in [4.69, 9.17) is 27.7 Å². The Hall–Kier alpha value is -2.90. The highest BCUT2D eigenvalue weighted by Gasteiger charge is 2.26. The fraction of sp³-hybridized carbons (Fsp3) is 0.200. The number of hydrogen-bond acceptors (Lipinski definition) is 5. The second-order valence-corrected chi connectivity index (χ2v) is 7.77. The topological polar surface area (TPSA) is 94.0 Å². The zero-order valence-electron chi connectivity index (χ0n) is 15.0. The number of aromatic nitrogens is 4. The zero-order valence-corrected chi connectivity index (χ0v) is 16.5. The quantitative estimate of drug-likeness (QED) is 0.458. The lowest BCUT2D eigenvalue weighted by molar-refractivity contribution is -0.137. The molecule has 0 bridgehead atoms. The van der Waals surface area contributed by atoms with E-state index >= 15 is 0 Å². The van der Waals surface area contributed by atoms with Crippen molar-refractivity contribution < 1.29 is 14.4 Å². The molecule has 0 amide bonds. The molecule has 1 unspecified atom stereocenters. The number of hydrogen-bond donors (Lipinski definition) is 1. The lowest BCUT2D eigenvalue weighted by atomic mass is 10.1. The predicted octanol–water partition coefficient (Wildman–Crippen LogP) is 5.02. The van der Waals surface area contributed by atoms with Crippen molar-refractivity contribution >= 4 is 40.1 Å². The molecule has 1 atom stereocenters. The number of pyridine rings is 1. The smallest absolute Gasteiger partial charge is 0.305 e. The van der Waals surface area contributed by atoms with E-state index < -0.39 is 5.97 Å². The summed E-state index contributed by atoms with van der Waals surface area (Å²) in [5.41, 5.74) is 3.49. The molecule has 1 aromatic carbocycles. The van der Waals surface area contributed by atoms with Gasteiger partial charge in [-0.1, -0.05) is 40.5 Å². The third-order valence-electron chi connectivity index (χ3n) is 5.12. The van der Waals surface area contributed by atoms with Crippen LogP contribution in [0.1, 0.15) is 24.6 Å². The molecule has 3 aromatic heterocycles. The Morgan fingerprint density at radius 2 is 1.93 bits per heavy atom. The Morgan fingerprint density at radius 1 is 1.14 bits per heavy atom. The van der Waals surface area contributed by atoms with Gasteiger partial charge in [-0.15, -0.1) is 0 Å². The van der Waals surface area contributed by atoms with Crippen LogP contribution in [0.5, 0.6) is 0 Å². The largest absolute Gasteiger partial charge is 0.481 e. The van der Waals surface area contributed by atoms with Crippen LogP contribution >= 0.6 is 23.2 Å². The van der Waals surface area contributed by atoms with E-state index in [-0.39, 0.29) is 28.7 Å². The molecule has 0 spiro atoms. The lowest BCUT2D eigenvalue weighted by Gasteiger charge is -2.13. The normalized spacial score (nSPS) is 15.7. The standard InChI is InChI=1S/C20H14Cl2N4O3/c21-16-7-12(8-17(22)23-16)20-24-19(25-29-20)11-2-1-10-5-13-3-4-14(9-18(27)28)26(13)15(10)6-11/h1-2,5-8,14H,3-4,9H2,(H,27,28). The average Bonchev–Trinajstić information content (AvgIpc) is 3.36. The highest BCUT2D eigenvalue weighted by Crippen LogP contribution is 2.36. The second kappa shape index (κ2) is 6.86. The number of carboxylic acid groups (broad SMARTS) is 1. The van der Waals surface area contributed by atoms with Gasteiger partial charge in [-0.2, -0.15) is 4.98 Å². The molecule has 0 saturated carbocycles. The second-order valence-electron chi connectivity index (χ2n) is 6.99. The van der Waals surface area contributed by atoms with Crippen molar-refractivity contribution in [3.8, 4) is 22.8 Å². The van der Waals surface area contributed by atoms with Crippen LogP contribution in [0.25, 0.3) is 33.7 Å². The molecule has 0 radical (unpaired) electrons. The van der Waals surface area contributed by atoms with Gasteiger partial charge >= 0.3 is 5.97 Å². The van der Waals surface area contributed by atoms with Gasteiger partial charge in [0.05, 0.1) is 6.42 Å². The van der Waals surface area contributed by atoms with Crippen molar-refractivity contribution in [1.82, 2.24) is 19.7 Å². The summed E-state index contributed by atoms with van der Waals surface area (Å²) in [7, 11) is 0. The number of fused-ring (bicyclic) bond motifs is 3. The number of halogens is 2. The van der Waals surface area contributed by atoms with Crippen molar-refractivity contribution in [3.63, 3.8) is 0 Å². The van der Waals surface area contributed by atoms with Gasteiger partial charge in [0, 0.05) is 28.4 Å². The van der Waals surface area contributed by atoms with Crippen molar-refractivity contribution in [2.24, 2.45) is 0 Å². The lowest BCUT2D eigenvalue weighted by Crippen LogP contribution is -2.09. The summed E-state index contributed by atoms with van der Waals surface area (Å²) in [4.78, 5) is 19.6. The molecule has 4 heterocycles. The van der Waals surface area contributed by atoms with E-state index in [9.17, 15) is 9.90 Å². The van der Waals surface area contributed by atoms with Crippen molar-refractivity contribution in [2.75, 3.05) is 0 Å². The molecule has 0 fully saturated rings. The maximum absolute atomic E-state index is 11.2. The van der Waals surface area contributed by atoms with Gasteiger partial charge in [-0.25, -0.2) is 4.98 Å². The van der Waals surface area contributed by atoms with Gasteiger partial charge in [-0.05, 0) is 42.5 Å². The van der Waals surface area contributed by atoms with Crippen LogP contribution < -0.4 is 0 Å². The Balaban J connectivity index is 1.55. The monoisotopic (exact) mass is 428 g/mol. The molecule has 29 heavy (non-hydrogen) atoms. The molecule has 5 rings (SSSR count). The number of aliphatic carboxylic acids is 1. The number of carboxylic acids is 1. The van der Waals surface area contributed by atoms with Crippen LogP contribution in [0.2, 0.25) is 10.3 Å². The first-order valence-corrected chi connectivity index (χ1v) is 9.77. The highest BCUT2D eigenvalue weighted by molar-refractivity contribution is 6.32. The van der Waals surface area contributed by atoms with Gasteiger partial charge < -0.3 is 14.2 Å². The van der Waals surface area contributed by atoms with Gasteiger partial charge in [0.2, 0.25) is 5.82 Å². The van der Waals surface area contributed by atoms with E-state index in [2.05, 4.69) is 25.8 Å². The first-order valence-electron chi connectivity index (χ1n) is 9.01. The van der Waals surface area contributed by atoms with Crippen LogP contribution in [-0.2, 0) is 11.2 Å². The van der Waals surface area contributed by atoms with Crippen molar-refractivity contribution in [3.05, 3.63) is 52.4 Å². The fourth-order valence-electron chi connectivity index (χ4n) is 3.93. The summed E-state index contributed by atoms with van der Waals surface area (Å²) in [6, 6.07) is 11.2. The maximum Gasteiger partial charge on any atom is 0.305 e. The number of carbonyl (C=O) groups is 1. The number of benzene rings is 1. The summed E-state index contributed by atoms with van der Waals surface area (Å²) in [5.74, 6) is -0.0805. The molecule has 9 heteroatoms. The van der Waals surface area contributed by atoms with Gasteiger partial charge in [-0.3, -0.25) is 4.79 Å². The Kier molecular flexibility index (Phi) is 4.29. The Labute approximate surface area is 174 Å². The first-order chi connectivity index (χ1) is 14.0. The van der Waals surface area contributed by atoms with E-state index in [1.54, 1.807) is 12.1 Å². The van der Waals surface area contributed by atoms with Gasteiger partial charge in [0.25, 0.3) is 5.89 Å². The molecule has 0 aliphatic carbocycles. The Morgan fingerprint density at radius 3 is 2.69 bits per heavy atom. The van der Waals surface area contributed by atoms with Gasteiger partial charge in [0.15, 0.2) is 0 Å². The van der Waals surface area contributed by atoms with E-state index in [0.717, 1.165) is 35.0 Å². The molecule has 4 aromatic rings. The number of rotatable bonds is 4. The average molecular weight is 429 g/mol. The minimum Gasteiger partial charge on any atom is -0.481 e. The predicted molar refractivity (Wildman–Crippen MR) is 108 cm³/mol. The zero-order chi connectivity index (χ0) is 20.1. The van der Waals surface area contributed by atoms with Crippen LogP contribution in [0.15, 0.2) is 40.9 Å². The van der Waals surface area contributed by atoms with E-state index in [0.29, 0.717) is 11.4 Å². The molecule has 1 aliphatic rings. The molecule has 1 N–H and O–H groups in total. The third kappa shape index (κ3) is 3.26. The SMILES string of the molecule is O=C(O)CC1CCc2cc3ccc(-c4noc(-c5cc(Cl)nc(Cl)c5)n4)cc3n21. The summed E-state index contributed by atoms with van der Waals surface area (Å²) in [5, 5.41) is 14.8. The van der Waals surface area contributed by atoms with Crippen LogP contribution in [-0.4, -0.2) is 30.8 Å². The van der Waals surface area contributed by atoms with Gasteiger partial charge in [0.1, 0.15) is 10.3 Å². The van der Waals surface area contributed by atoms with Crippen LogP contribution in [0.4, 0.5) is 0 Å². The fourth-order valence-corrected chi connectivity index (χ4v) is 4.39. The maximum atomic E-state index is 11.2. The third-order valence-corrected chi connectivity index (χ3v) is 5.51. The number of nitrogens with zero attached hydrogens (tertiary/aromatic N) is 4. The molecule has 1 aliphatic heterocycles. The summed E-state index contributed by atoms with van der Waals surface area (Å²) in [6.45, 7) is 0. The molecule has 0 saturated heterocycles. The van der Waals surface area contributed by atoms with Crippen molar-refractivity contribution in [2.45, 2.75) is 25.3 Å². The summed E-state index contributed by atoms with van der Waals surface area (Å²) in [6.07, 6.45) is 1.81. The van der Waals surface area contributed by atoms with Crippen molar-refractivity contribution in [1.29, 1.82) is 0 Å². The first kappa shape index (κ1) is 18.1. The van der Waals surface area contributed by atoms with E-state index in [1.165, 1.54) is 0 Å². The molecule has 7 nitrogen and oxygen atoms in total. The summed E-state index contributed by atoms with van der Waals surface area (Å²) >= 11 is 11.9. The highest BCUT2D eigenvalue weighted by atomic mass is 35.5. The molecular formula is C20H14Cl2N4O3. The van der Waals surface area contributed by atoms with E-state index in [1.807, 2.05) is 18.2 Å². The minimum absolute atomic E-state index is 0.0443. The number of aryl methyl sites for hydroxylation is 1. The summed E-state index contributed by atoms with van der Waals surface area (Å²) < 4.78 is 7.51. The Bertz CT molecular complexity index is 1240. The van der Waals surface area contributed by atoms with Crippen LogP contribution in [0.3, 0.4) is 0 Å². The minimum atomic E-state index is -0.793.